The van der Waals surface area contributed by atoms with E-state index < -0.39 is 31.0 Å². The summed E-state index contributed by atoms with van der Waals surface area (Å²) in [5.74, 6) is 0. The third-order valence-electron chi connectivity index (χ3n) is 5.97. The van der Waals surface area contributed by atoms with Crippen molar-refractivity contribution in [1.29, 1.82) is 0 Å². The molecule has 0 aliphatic carbocycles. The van der Waals surface area contributed by atoms with E-state index in [1.165, 1.54) is 83.5 Å². The molecule has 0 saturated carbocycles. The predicted octanol–water partition coefficient (Wildman–Crippen LogP) is 4.91. The summed E-state index contributed by atoms with van der Waals surface area (Å²) < 4.78 is 11.0. The highest BCUT2D eigenvalue weighted by Gasteiger charge is 2.40. The van der Waals surface area contributed by atoms with Crippen LogP contribution in [0.25, 0.3) is 0 Å². The number of aliphatic hydroxyl groups is 3. The first-order valence-electron chi connectivity index (χ1n) is 12.6. The van der Waals surface area contributed by atoms with Crippen LogP contribution in [0.2, 0.25) is 0 Å². The Labute approximate surface area is 184 Å². The average molecular weight is 429 g/mol. The highest BCUT2D eigenvalue weighted by atomic mass is 16.6. The molecule has 1 rings (SSSR count). The van der Waals surface area contributed by atoms with Crippen LogP contribution in [-0.2, 0) is 9.47 Å². The Hall–Kier alpha value is -0.460. The van der Waals surface area contributed by atoms with Gasteiger partial charge >= 0.3 is 0 Å². The quantitative estimate of drug-likeness (QED) is 0.190. The van der Waals surface area contributed by atoms with Crippen LogP contribution < -0.4 is 0 Å². The van der Waals surface area contributed by atoms with Gasteiger partial charge in [-0.05, 0) is 32.1 Å². The van der Waals surface area contributed by atoms with Crippen LogP contribution in [0.5, 0.6) is 0 Å². The van der Waals surface area contributed by atoms with E-state index in [2.05, 4.69) is 19.1 Å². The molecule has 5 heteroatoms. The highest BCUT2D eigenvalue weighted by Crippen LogP contribution is 2.20. The zero-order chi connectivity index (χ0) is 21.9. The van der Waals surface area contributed by atoms with Crippen molar-refractivity contribution in [3.8, 4) is 0 Å². The number of hydrogen-bond donors (Lipinski definition) is 3. The molecule has 1 saturated heterocycles. The molecule has 1 aliphatic rings. The van der Waals surface area contributed by atoms with Crippen LogP contribution in [0.15, 0.2) is 12.2 Å². The van der Waals surface area contributed by atoms with E-state index >= 15 is 0 Å². The SMILES string of the molecule is CCCCCCCC/C=C/CCCCCCCCCO[C@@H]1CO[C@@H]([C@@H](O)CO)[C@H]1O. The predicted molar refractivity (Wildman–Crippen MR) is 123 cm³/mol. The molecule has 0 radical (unpaired) electrons. The molecule has 0 unspecified atom stereocenters. The van der Waals surface area contributed by atoms with Gasteiger partial charge in [-0.25, -0.2) is 0 Å². The average Bonchev–Trinajstić information content (AvgIpc) is 3.12. The van der Waals surface area contributed by atoms with Crippen LogP contribution in [0.1, 0.15) is 103 Å². The topological polar surface area (TPSA) is 79.2 Å². The van der Waals surface area contributed by atoms with Crippen LogP contribution in [0.3, 0.4) is 0 Å². The second-order valence-electron chi connectivity index (χ2n) is 8.74. The van der Waals surface area contributed by atoms with E-state index in [1.807, 2.05) is 0 Å². The first-order chi connectivity index (χ1) is 14.7. The molecule has 1 heterocycles. The zero-order valence-electron chi connectivity index (χ0n) is 19.4. The van der Waals surface area contributed by atoms with Crippen molar-refractivity contribution in [2.45, 2.75) is 128 Å². The third-order valence-corrected chi connectivity index (χ3v) is 5.97. The van der Waals surface area contributed by atoms with Crippen molar-refractivity contribution >= 4 is 0 Å². The number of rotatable bonds is 20. The summed E-state index contributed by atoms with van der Waals surface area (Å²) >= 11 is 0. The lowest BCUT2D eigenvalue weighted by Gasteiger charge is -2.20. The lowest BCUT2D eigenvalue weighted by atomic mass is 10.1. The van der Waals surface area contributed by atoms with E-state index in [1.54, 1.807) is 0 Å². The van der Waals surface area contributed by atoms with Crippen LogP contribution >= 0.6 is 0 Å². The number of hydrogen-bond acceptors (Lipinski definition) is 5. The molecule has 3 N–H and O–H groups in total. The fourth-order valence-electron chi connectivity index (χ4n) is 3.97. The summed E-state index contributed by atoms with van der Waals surface area (Å²) in [5, 5.41) is 28.6. The molecule has 30 heavy (non-hydrogen) atoms. The van der Waals surface area contributed by atoms with Gasteiger partial charge in [0.2, 0.25) is 0 Å². The molecule has 178 valence electrons. The highest BCUT2D eigenvalue weighted by molar-refractivity contribution is 4.88. The first kappa shape index (κ1) is 27.6. The minimum atomic E-state index is -1.05. The fraction of sp³-hybridized carbons (Fsp3) is 0.920. The van der Waals surface area contributed by atoms with Crippen LogP contribution in [0.4, 0.5) is 0 Å². The van der Waals surface area contributed by atoms with Gasteiger partial charge in [-0.2, -0.15) is 0 Å². The maximum absolute atomic E-state index is 10.1. The largest absolute Gasteiger partial charge is 0.394 e. The van der Waals surface area contributed by atoms with Crippen molar-refractivity contribution < 1.29 is 24.8 Å². The minimum absolute atomic E-state index is 0.274. The molecule has 0 spiro atoms. The summed E-state index contributed by atoms with van der Waals surface area (Å²) in [5.41, 5.74) is 0. The van der Waals surface area contributed by atoms with Crippen LogP contribution in [0, 0.1) is 0 Å². The van der Waals surface area contributed by atoms with Crippen molar-refractivity contribution in [3.05, 3.63) is 12.2 Å². The van der Waals surface area contributed by atoms with E-state index in [9.17, 15) is 10.2 Å². The molecule has 0 aromatic rings. The second-order valence-corrected chi connectivity index (χ2v) is 8.74. The van der Waals surface area contributed by atoms with Gasteiger partial charge in [-0.3, -0.25) is 0 Å². The normalized spacial score (nSPS) is 22.9. The minimum Gasteiger partial charge on any atom is -0.394 e. The summed E-state index contributed by atoms with van der Waals surface area (Å²) in [6.45, 7) is 2.74. The molecule has 0 amide bonds. The van der Waals surface area contributed by atoms with Gasteiger partial charge in [0.15, 0.2) is 0 Å². The zero-order valence-corrected chi connectivity index (χ0v) is 19.4. The fourth-order valence-corrected chi connectivity index (χ4v) is 3.97. The van der Waals surface area contributed by atoms with Crippen molar-refractivity contribution in [2.24, 2.45) is 0 Å². The van der Waals surface area contributed by atoms with Gasteiger partial charge in [0, 0.05) is 6.61 Å². The molecule has 0 aromatic heterocycles. The lowest BCUT2D eigenvalue weighted by Crippen LogP contribution is -2.41. The summed E-state index contributed by atoms with van der Waals surface area (Å²) in [6, 6.07) is 0. The van der Waals surface area contributed by atoms with E-state index in [0.717, 1.165) is 12.8 Å². The molecular formula is C25H48O5. The maximum atomic E-state index is 10.1. The Morgan fingerprint density at radius 2 is 1.40 bits per heavy atom. The summed E-state index contributed by atoms with van der Waals surface area (Å²) in [6.07, 6.45) is 21.0. The standard InChI is InChI=1S/C25H48O5/c1-2-3-4-5-6-7-8-9-10-11-12-13-14-15-16-17-18-19-29-23-21-30-25(24(23)28)22(27)20-26/h9-10,22-28H,2-8,11-21H2,1H3/b10-9+/t22-,23+,24-,25-/m0/s1. The molecule has 0 bridgehead atoms. The van der Waals surface area contributed by atoms with Crippen LogP contribution in [-0.4, -0.2) is 59.6 Å². The van der Waals surface area contributed by atoms with E-state index in [0.29, 0.717) is 6.61 Å². The van der Waals surface area contributed by atoms with Gasteiger partial charge in [0.25, 0.3) is 0 Å². The number of aliphatic hydroxyl groups excluding tert-OH is 3. The smallest absolute Gasteiger partial charge is 0.114 e. The maximum Gasteiger partial charge on any atom is 0.114 e. The molecule has 0 aromatic carbocycles. The third kappa shape index (κ3) is 13.1. The first-order valence-corrected chi connectivity index (χ1v) is 12.6. The Bertz CT molecular complexity index is 401. The Morgan fingerprint density at radius 3 is 1.97 bits per heavy atom. The molecule has 5 nitrogen and oxygen atoms in total. The van der Waals surface area contributed by atoms with Gasteiger partial charge < -0.3 is 24.8 Å². The molecule has 1 aliphatic heterocycles. The van der Waals surface area contributed by atoms with Crippen molar-refractivity contribution in [3.63, 3.8) is 0 Å². The second kappa shape index (κ2) is 19.2. The van der Waals surface area contributed by atoms with Gasteiger partial charge in [-0.15, -0.1) is 0 Å². The Balaban J connectivity index is 1.81. The Morgan fingerprint density at radius 1 is 0.867 bits per heavy atom. The number of allylic oxidation sites excluding steroid dienone is 2. The van der Waals surface area contributed by atoms with E-state index in [-0.39, 0.29) is 6.61 Å². The number of ether oxygens (including phenoxy) is 2. The number of unbranched alkanes of at least 4 members (excludes halogenated alkanes) is 13. The van der Waals surface area contributed by atoms with Gasteiger partial charge in [-0.1, -0.05) is 83.3 Å². The summed E-state index contributed by atoms with van der Waals surface area (Å²) in [4.78, 5) is 0. The molecular weight excluding hydrogens is 380 g/mol. The monoisotopic (exact) mass is 428 g/mol. The van der Waals surface area contributed by atoms with E-state index in [4.69, 9.17) is 14.6 Å². The van der Waals surface area contributed by atoms with Crippen molar-refractivity contribution in [1.82, 2.24) is 0 Å². The summed E-state index contributed by atoms with van der Waals surface area (Å²) in [7, 11) is 0. The van der Waals surface area contributed by atoms with Gasteiger partial charge in [0.05, 0.1) is 13.2 Å². The lowest BCUT2D eigenvalue weighted by molar-refractivity contribution is -0.0730. The van der Waals surface area contributed by atoms with Crippen molar-refractivity contribution in [2.75, 3.05) is 19.8 Å². The molecule has 1 fully saturated rings. The molecule has 4 atom stereocenters. The van der Waals surface area contributed by atoms with Gasteiger partial charge in [0.1, 0.15) is 24.4 Å². The Kier molecular flexibility index (Phi) is 17.7.